The first-order valence-electron chi connectivity index (χ1n) is 11.5. The van der Waals surface area contributed by atoms with E-state index in [0.717, 1.165) is 29.7 Å². The van der Waals surface area contributed by atoms with Gasteiger partial charge in [-0.3, -0.25) is 9.78 Å². The summed E-state index contributed by atoms with van der Waals surface area (Å²) in [6.45, 7) is 2.41. The average molecular weight is 468 g/mol. The fraction of sp³-hybridized carbons (Fsp3) is 0.185. The van der Waals surface area contributed by atoms with Crippen LogP contribution in [0.3, 0.4) is 0 Å². The summed E-state index contributed by atoms with van der Waals surface area (Å²) in [6, 6.07) is 17.6. The Morgan fingerprint density at radius 3 is 2.63 bits per heavy atom. The lowest BCUT2D eigenvalue weighted by molar-refractivity contribution is 0.102. The van der Waals surface area contributed by atoms with Gasteiger partial charge in [-0.05, 0) is 61.2 Å². The molecule has 3 N–H and O–H groups in total. The third-order valence-corrected chi connectivity index (χ3v) is 6.07. The number of amides is 2. The molecule has 5 rings (SSSR count). The summed E-state index contributed by atoms with van der Waals surface area (Å²) in [5.74, 6) is -0.0854. The highest BCUT2D eigenvalue weighted by molar-refractivity contribution is 6.04. The zero-order chi connectivity index (χ0) is 24.4. The molecule has 2 heterocycles. The summed E-state index contributed by atoms with van der Waals surface area (Å²) in [5.41, 5.74) is 4.83. The Balaban J connectivity index is 1.35. The molecular weight excluding hydrogens is 442 g/mol. The topological polar surface area (TPSA) is 109 Å². The van der Waals surface area contributed by atoms with Crippen LogP contribution in [0.2, 0.25) is 0 Å². The second-order valence-electron chi connectivity index (χ2n) is 8.65. The Hall–Kier alpha value is -4.46. The minimum absolute atomic E-state index is 0.0405. The quantitative estimate of drug-likeness (QED) is 0.376. The molecule has 1 aliphatic carbocycles. The highest BCUT2D eigenvalue weighted by Gasteiger charge is 2.30. The fourth-order valence-electron chi connectivity index (χ4n) is 3.94. The van der Waals surface area contributed by atoms with Gasteiger partial charge in [0.2, 0.25) is 0 Å². The van der Waals surface area contributed by atoms with Crippen molar-refractivity contribution in [3.8, 4) is 17.0 Å². The molecule has 8 heteroatoms. The van der Waals surface area contributed by atoms with Crippen molar-refractivity contribution in [1.82, 2.24) is 20.1 Å². The molecule has 2 aromatic heterocycles. The molecule has 0 bridgehead atoms. The Kier molecular flexibility index (Phi) is 6.01. The number of aromatic hydroxyl groups is 1. The van der Waals surface area contributed by atoms with E-state index in [1.165, 1.54) is 16.9 Å². The lowest BCUT2D eigenvalue weighted by Crippen LogP contribution is -2.30. The van der Waals surface area contributed by atoms with Gasteiger partial charge in [0.05, 0.1) is 17.0 Å². The van der Waals surface area contributed by atoms with E-state index in [9.17, 15) is 14.7 Å². The average Bonchev–Trinajstić information content (AvgIpc) is 3.62. The minimum Gasteiger partial charge on any atom is -0.507 e. The van der Waals surface area contributed by atoms with Gasteiger partial charge in [-0.1, -0.05) is 24.3 Å². The molecule has 1 saturated carbocycles. The molecule has 0 aliphatic heterocycles. The van der Waals surface area contributed by atoms with Gasteiger partial charge in [0.15, 0.2) is 0 Å². The van der Waals surface area contributed by atoms with Gasteiger partial charge in [-0.25, -0.2) is 4.79 Å². The Morgan fingerprint density at radius 2 is 1.91 bits per heavy atom. The summed E-state index contributed by atoms with van der Waals surface area (Å²) in [5, 5.41) is 20.9. The number of carbonyl (C=O) groups is 2. The summed E-state index contributed by atoms with van der Waals surface area (Å²) < 4.78 is 1.41. The van der Waals surface area contributed by atoms with Gasteiger partial charge < -0.3 is 15.7 Å². The smallest absolute Gasteiger partial charge is 0.342 e. The Bertz CT molecular complexity index is 1390. The lowest BCUT2D eigenvalue weighted by Gasteiger charge is -2.09. The number of phenols is 1. The fourth-order valence-corrected chi connectivity index (χ4v) is 3.94. The molecule has 1 fully saturated rings. The first-order chi connectivity index (χ1) is 17.0. The number of hydrogen-bond acceptors (Lipinski definition) is 5. The zero-order valence-electron chi connectivity index (χ0n) is 19.2. The number of nitrogens with zero attached hydrogens (tertiary/aromatic N) is 3. The van der Waals surface area contributed by atoms with Gasteiger partial charge in [-0.2, -0.15) is 9.78 Å². The highest BCUT2D eigenvalue weighted by atomic mass is 16.3. The van der Waals surface area contributed by atoms with Crippen molar-refractivity contribution in [2.24, 2.45) is 0 Å². The van der Waals surface area contributed by atoms with Gasteiger partial charge in [-0.15, -0.1) is 0 Å². The van der Waals surface area contributed by atoms with Crippen LogP contribution in [-0.2, 0) is 6.54 Å². The van der Waals surface area contributed by atoms with Crippen LogP contribution in [0.5, 0.6) is 5.75 Å². The molecule has 4 aromatic rings. The number of anilines is 1. The monoisotopic (exact) mass is 467 g/mol. The Morgan fingerprint density at radius 1 is 1.09 bits per heavy atom. The van der Waals surface area contributed by atoms with E-state index in [0.29, 0.717) is 29.1 Å². The van der Waals surface area contributed by atoms with Gasteiger partial charge >= 0.3 is 6.03 Å². The molecule has 35 heavy (non-hydrogen) atoms. The predicted molar refractivity (Wildman–Crippen MR) is 132 cm³/mol. The van der Waals surface area contributed by atoms with E-state index in [-0.39, 0.29) is 23.6 Å². The van der Waals surface area contributed by atoms with Crippen molar-refractivity contribution >= 4 is 17.6 Å². The molecule has 0 unspecified atom stereocenters. The molecule has 0 saturated heterocycles. The highest BCUT2D eigenvalue weighted by Crippen LogP contribution is 2.42. The summed E-state index contributed by atoms with van der Waals surface area (Å²) in [6.07, 6.45) is 5.07. The standard InChI is InChI=1S/C27H25N5O3/c1-17-5-2-3-6-19(17)16-29-27(35)32-24(18-8-9-18)14-23(31-32)22-11-10-21(13-25(22)33)30-26(34)20-7-4-12-28-15-20/h2-7,10-15,18,33H,8-9,16H2,1H3,(H,29,35)(H,30,34). The molecule has 176 valence electrons. The summed E-state index contributed by atoms with van der Waals surface area (Å²) in [7, 11) is 0. The van der Waals surface area contributed by atoms with Crippen LogP contribution in [-0.4, -0.2) is 31.8 Å². The lowest BCUT2D eigenvalue weighted by atomic mass is 10.1. The molecular formula is C27H25N5O3. The SMILES string of the molecule is Cc1ccccc1CNC(=O)n1nc(-c2ccc(NC(=O)c3cccnc3)cc2O)cc1C1CC1. The third kappa shape index (κ3) is 4.91. The van der Waals surface area contributed by atoms with Crippen LogP contribution >= 0.6 is 0 Å². The maximum atomic E-state index is 13.0. The van der Waals surface area contributed by atoms with E-state index >= 15 is 0 Å². The van der Waals surface area contributed by atoms with Crippen LogP contribution in [0.4, 0.5) is 10.5 Å². The molecule has 0 atom stereocenters. The van der Waals surface area contributed by atoms with E-state index in [4.69, 9.17) is 0 Å². The number of phenolic OH excluding ortho intramolecular Hbond substituents is 1. The van der Waals surface area contributed by atoms with E-state index in [1.807, 2.05) is 37.3 Å². The maximum Gasteiger partial charge on any atom is 0.342 e. The van der Waals surface area contributed by atoms with Crippen LogP contribution in [0.15, 0.2) is 73.1 Å². The van der Waals surface area contributed by atoms with Crippen LogP contribution < -0.4 is 10.6 Å². The molecule has 1 aliphatic rings. The second-order valence-corrected chi connectivity index (χ2v) is 8.65. The van der Waals surface area contributed by atoms with Crippen LogP contribution in [0.1, 0.15) is 45.9 Å². The second kappa shape index (κ2) is 9.42. The number of benzene rings is 2. The largest absolute Gasteiger partial charge is 0.507 e. The summed E-state index contributed by atoms with van der Waals surface area (Å²) in [4.78, 5) is 29.3. The molecule has 0 radical (unpaired) electrons. The van der Waals surface area contributed by atoms with Crippen molar-refractivity contribution in [2.45, 2.75) is 32.2 Å². The van der Waals surface area contributed by atoms with Crippen molar-refractivity contribution in [3.05, 3.63) is 95.4 Å². The number of hydrogen-bond donors (Lipinski definition) is 3. The van der Waals surface area contributed by atoms with Crippen molar-refractivity contribution in [1.29, 1.82) is 0 Å². The third-order valence-electron chi connectivity index (χ3n) is 6.07. The van der Waals surface area contributed by atoms with Crippen molar-refractivity contribution in [2.75, 3.05) is 5.32 Å². The number of aryl methyl sites for hydroxylation is 1. The van der Waals surface area contributed by atoms with E-state index in [1.54, 1.807) is 30.5 Å². The van der Waals surface area contributed by atoms with Crippen LogP contribution in [0, 0.1) is 6.92 Å². The number of nitrogens with one attached hydrogen (secondary N) is 2. The number of pyridine rings is 1. The van der Waals surface area contributed by atoms with Gasteiger partial charge in [0.25, 0.3) is 5.91 Å². The minimum atomic E-state index is -0.323. The number of rotatable bonds is 6. The van der Waals surface area contributed by atoms with Crippen molar-refractivity contribution in [3.63, 3.8) is 0 Å². The molecule has 0 spiro atoms. The molecule has 2 aromatic carbocycles. The van der Waals surface area contributed by atoms with E-state index < -0.39 is 0 Å². The normalized spacial score (nSPS) is 12.8. The van der Waals surface area contributed by atoms with Crippen molar-refractivity contribution < 1.29 is 14.7 Å². The predicted octanol–water partition coefficient (Wildman–Crippen LogP) is 4.85. The molecule has 8 nitrogen and oxygen atoms in total. The van der Waals surface area contributed by atoms with Gasteiger partial charge in [0, 0.05) is 42.2 Å². The first kappa shape index (κ1) is 22.3. The Labute approximate surface area is 202 Å². The number of aromatic nitrogens is 3. The maximum absolute atomic E-state index is 13.0. The van der Waals surface area contributed by atoms with E-state index in [2.05, 4.69) is 20.7 Å². The molecule has 2 amide bonds. The first-order valence-corrected chi connectivity index (χ1v) is 11.5. The zero-order valence-corrected chi connectivity index (χ0v) is 19.2. The number of carbonyl (C=O) groups excluding carboxylic acids is 2. The van der Waals surface area contributed by atoms with Gasteiger partial charge in [0.1, 0.15) is 5.75 Å². The van der Waals surface area contributed by atoms with Crippen LogP contribution in [0.25, 0.3) is 11.3 Å². The summed E-state index contributed by atoms with van der Waals surface area (Å²) >= 11 is 0.